The summed E-state index contributed by atoms with van der Waals surface area (Å²) in [7, 11) is 1.13. The van der Waals surface area contributed by atoms with Gasteiger partial charge >= 0.3 is 5.97 Å². The van der Waals surface area contributed by atoms with Crippen LogP contribution in [0.3, 0.4) is 0 Å². The lowest BCUT2D eigenvalue weighted by atomic mass is 9.99. The molecule has 10 heteroatoms. The molecule has 0 aromatic heterocycles. The number of phenolic OH excluding ortho intramolecular Hbond substituents is 2. The maximum Gasteiger partial charge on any atom is 0.335 e. The lowest BCUT2D eigenvalue weighted by Crippen LogP contribution is -2.60. The zero-order valence-corrected chi connectivity index (χ0v) is 13.9. The van der Waals surface area contributed by atoms with Crippen molar-refractivity contribution in [3.8, 4) is 11.5 Å². The van der Waals surface area contributed by atoms with Crippen LogP contribution in [-0.4, -0.2) is 87.1 Å². The summed E-state index contributed by atoms with van der Waals surface area (Å²) in [5.41, 5.74) is 0.417. The van der Waals surface area contributed by atoms with Gasteiger partial charge in [0.15, 0.2) is 23.9 Å². The highest BCUT2D eigenvalue weighted by Gasteiger charge is 2.45. The van der Waals surface area contributed by atoms with Crippen molar-refractivity contribution < 1.29 is 49.6 Å². The molecule has 0 bridgehead atoms. The lowest BCUT2D eigenvalue weighted by molar-refractivity contribution is -0.310. The molecule has 1 aliphatic rings. The van der Waals surface area contributed by atoms with E-state index in [2.05, 4.69) is 4.74 Å². The van der Waals surface area contributed by atoms with E-state index in [1.165, 1.54) is 18.2 Å². The van der Waals surface area contributed by atoms with E-state index < -0.39 is 49.4 Å². The maximum atomic E-state index is 12.0. The highest BCUT2D eigenvalue weighted by Crippen LogP contribution is 2.27. The number of methoxy groups -OCH3 is 1. The van der Waals surface area contributed by atoms with Gasteiger partial charge in [-0.3, -0.25) is 0 Å². The van der Waals surface area contributed by atoms with Crippen molar-refractivity contribution in [3.63, 3.8) is 0 Å². The second-order valence-corrected chi connectivity index (χ2v) is 5.87. The fourth-order valence-electron chi connectivity index (χ4n) is 2.57. The number of carbonyl (C=O) groups excluding carboxylic acids is 1. The summed E-state index contributed by atoms with van der Waals surface area (Å²) in [6.45, 7) is -0.639. The number of hydrogen-bond donors (Lipinski definition) is 6. The van der Waals surface area contributed by atoms with Gasteiger partial charge in [0.1, 0.15) is 24.4 Å². The Bertz CT molecular complexity index is 619. The quantitative estimate of drug-likeness (QED) is 0.242. The molecule has 1 aromatic carbocycles. The van der Waals surface area contributed by atoms with Gasteiger partial charge in [-0.1, -0.05) is 6.07 Å². The summed E-state index contributed by atoms with van der Waals surface area (Å²) in [5.74, 6) is -1.54. The Morgan fingerprint density at radius 2 is 1.85 bits per heavy atom. The molecular weight excluding hydrogens is 352 g/mol. The van der Waals surface area contributed by atoms with Crippen LogP contribution in [0.1, 0.15) is 5.56 Å². The number of phenols is 2. The Labute approximate surface area is 148 Å². The first-order valence-corrected chi connectivity index (χ1v) is 7.83. The average Bonchev–Trinajstić information content (AvgIpc) is 2.63. The van der Waals surface area contributed by atoms with Gasteiger partial charge in [0.05, 0.1) is 13.7 Å². The summed E-state index contributed by atoms with van der Waals surface area (Å²) in [6, 6.07) is 3.90. The predicted molar refractivity (Wildman–Crippen MR) is 84.1 cm³/mol. The van der Waals surface area contributed by atoms with Gasteiger partial charge in [-0.15, -0.1) is 0 Å². The van der Waals surface area contributed by atoms with E-state index in [1.807, 2.05) is 0 Å². The number of aliphatic hydroxyl groups is 4. The van der Waals surface area contributed by atoms with Crippen LogP contribution in [0.15, 0.2) is 18.2 Å². The lowest BCUT2D eigenvalue weighted by Gasteiger charge is -2.40. The van der Waals surface area contributed by atoms with Crippen molar-refractivity contribution >= 4 is 5.97 Å². The van der Waals surface area contributed by atoms with E-state index in [1.54, 1.807) is 0 Å². The van der Waals surface area contributed by atoms with Crippen molar-refractivity contribution in [2.45, 2.75) is 43.2 Å². The molecule has 6 unspecified atom stereocenters. The normalized spacial score (nSPS) is 30.0. The summed E-state index contributed by atoms with van der Waals surface area (Å²) < 4.78 is 15.3. The zero-order valence-electron chi connectivity index (χ0n) is 13.9. The van der Waals surface area contributed by atoms with E-state index >= 15 is 0 Å². The van der Waals surface area contributed by atoms with Gasteiger partial charge in [0.2, 0.25) is 0 Å². The molecule has 0 saturated carbocycles. The summed E-state index contributed by atoms with van der Waals surface area (Å²) in [4.78, 5) is 12.0. The maximum absolute atomic E-state index is 12.0. The highest BCUT2D eigenvalue weighted by molar-refractivity contribution is 5.75. The Morgan fingerprint density at radius 1 is 1.15 bits per heavy atom. The Kier molecular flexibility index (Phi) is 6.75. The van der Waals surface area contributed by atoms with Crippen molar-refractivity contribution in [1.82, 2.24) is 0 Å². The predicted octanol–water partition coefficient (Wildman–Crippen LogP) is -2.00. The summed E-state index contributed by atoms with van der Waals surface area (Å²) in [6.07, 6.45) is -8.97. The van der Waals surface area contributed by atoms with Crippen molar-refractivity contribution in [1.29, 1.82) is 0 Å². The molecule has 1 fully saturated rings. The SMILES string of the molecule is COC(=O)C(Cc1ccc(O)c(O)c1)OC1OC(CO)C(O)C(O)C1O. The number of esters is 1. The fourth-order valence-corrected chi connectivity index (χ4v) is 2.57. The van der Waals surface area contributed by atoms with E-state index in [0.29, 0.717) is 5.56 Å². The standard InChI is InChI=1S/C16H22O10/c1-24-15(23)10(5-7-2-3-8(18)9(19)4-7)25-16-14(22)13(21)12(20)11(6-17)26-16/h2-4,10-14,16-22H,5-6H2,1H3. The van der Waals surface area contributed by atoms with Crippen molar-refractivity contribution in [2.75, 3.05) is 13.7 Å². The third-order valence-electron chi connectivity index (χ3n) is 4.07. The number of hydrogen-bond acceptors (Lipinski definition) is 10. The molecule has 0 spiro atoms. The van der Waals surface area contributed by atoms with Crippen LogP contribution in [0.2, 0.25) is 0 Å². The van der Waals surface area contributed by atoms with Crippen LogP contribution >= 0.6 is 0 Å². The van der Waals surface area contributed by atoms with Gasteiger partial charge in [-0.05, 0) is 17.7 Å². The number of ether oxygens (including phenoxy) is 3. The number of aliphatic hydroxyl groups excluding tert-OH is 4. The first kappa shape index (κ1) is 20.4. The number of benzene rings is 1. The molecule has 1 aliphatic heterocycles. The zero-order chi connectivity index (χ0) is 19.4. The minimum absolute atomic E-state index is 0.102. The van der Waals surface area contributed by atoms with Gasteiger partial charge < -0.3 is 44.8 Å². The molecule has 6 N–H and O–H groups in total. The number of aromatic hydroxyl groups is 2. The molecule has 26 heavy (non-hydrogen) atoms. The van der Waals surface area contributed by atoms with Crippen LogP contribution in [0.5, 0.6) is 11.5 Å². The molecule has 6 atom stereocenters. The molecule has 146 valence electrons. The van der Waals surface area contributed by atoms with Crippen LogP contribution in [0.25, 0.3) is 0 Å². The second kappa shape index (κ2) is 8.62. The molecule has 1 saturated heterocycles. The van der Waals surface area contributed by atoms with Crippen LogP contribution in [-0.2, 0) is 25.4 Å². The number of rotatable bonds is 6. The Morgan fingerprint density at radius 3 is 2.42 bits per heavy atom. The van der Waals surface area contributed by atoms with Gasteiger partial charge in [-0.25, -0.2) is 4.79 Å². The van der Waals surface area contributed by atoms with Gasteiger partial charge in [0.25, 0.3) is 0 Å². The molecule has 0 radical (unpaired) electrons. The van der Waals surface area contributed by atoms with Crippen LogP contribution < -0.4 is 0 Å². The van der Waals surface area contributed by atoms with E-state index in [-0.39, 0.29) is 17.9 Å². The first-order valence-electron chi connectivity index (χ1n) is 7.83. The summed E-state index contributed by atoms with van der Waals surface area (Å²) >= 11 is 0. The van der Waals surface area contributed by atoms with Crippen LogP contribution in [0, 0.1) is 0 Å². The monoisotopic (exact) mass is 374 g/mol. The fraction of sp³-hybridized carbons (Fsp3) is 0.562. The van der Waals surface area contributed by atoms with Gasteiger partial charge in [-0.2, -0.15) is 0 Å². The van der Waals surface area contributed by atoms with E-state index in [4.69, 9.17) is 9.47 Å². The molecule has 0 amide bonds. The van der Waals surface area contributed by atoms with Gasteiger partial charge in [0, 0.05) is 6.42 Å². The molecule has 1 heterocycles. The Hall–Kier alpha value is -1.95. The molecule has 1 aromatic rings. The summed E-state index contributed by atoms with van der Waals surface area (Å²) in [5, 5.41) is 57.6. The third-order valence-corrected chi connectivity index (χ3v) is 4.07. The highest BCUT2D eigenvalue weighted by atomic mass is 16.7. The first-order chi connectivity index (χ1) is 12.3. The van der Waals surface area contributed by atoms with Crippen molar-refractivity contribution in [3.05, 3.63) is 23.8 Å². The van der Waals surface area contributed by atoms with Crippen LogP contribution in [0.4, 0.5) is 0 Å². The second-order valence-electron chi connectivity index (χ2n) is 5.87. The largest absolute Gasteiger partial charge is 0.504 e. The molecular formula is C16H22O10. The number of carbonyl (C=O) groups is 1. The van der Waals surface area contributed by atoms with Crippen molar-refractivity contribution in [2.24, 2.45) is 0 Å². The minimum Gasteiger partial charge on any atom is -0.504 e. The topological polar surface area (TPSA) is 166 Å². The minimum atomic E-state index is -1.67. The molecule has 10 nitrogen and oxygen atoms in total. The molecule has 2 rings (SSSR count). The average molecular weight is 374 g/mol. The Balaban J connectivity index is 2.16. The van der Waals surface area contributed by atoms with E-state index in [9.17, 15) is 35.4 Å². The smallest absolute Gasteiger partial charge is 0.335 e. The third kappa shape index (κ3) is 4.41. The van der Waals surface area contributed by atoms with E-state index in [0.717, 1.165) is 7.11 Å². The molecule has 0 aliphatic carbocycles.